The van der Waals surface area contributed by atoms with Crippen molar-refractivity contribution < 1.29 is 4.57 Å². The van der Waals surface area contributed by atoms with E-state index in [9.17, 15) is 0 Å². The summed E-state index contributed by atoms with van der Waals surface area (Å²) in [4.78, 5) is 0. The Hall–Kier alpha value is -2.30. The van der Waals surface area contributed by atoms with Gasteiger partial charge in [0.1, 0.15) is 18.6 Å². The van der Waals surface area contributed by atoms with Crippen LogP contribution in [0.5, 0.6) is 0 Å². The van der Waals surface area contributed by atoms with Crippen LogP contribution in [0.1, 0.15) is 5.82 Å². The van der Waals surface area contributed by atoms with E-state index in [0.717, 1.165) is 17.2 Å². The molecule has 0 aliphatic carbocycles. The average molecular weight is 244 g/mol. The van der Waals surface area contributed by atoms with Crippen molar-refractivity contribution in [1.29, 1.82) is 0 Å². The summed E-state index contributed by atoms with van der Waals surface area (Å²) < 4.78 is 4.03. The minimum atomic E-state index is 0.755. The largest absolute Gasteiger partial charge is 0.399 e. The number of aromatic nitrogens is 2. The molecule has 5 nitrogen and oxygen atoms in total. The van der Waals surface area contributed by atoms with Gasteiger partial charge in [-0.1, -0.05) is 0 Å². The van der Waals surface area contributed by atoms with Gasteiger partial charge in [-0.2, -0.15) is 5.10 Å². The second-order valence-electron chi connectivity index (χ2n) is 4.24. The first-order valence-electron chi connectivity index (χ1n) is 5.72. The predicted octanol–water partition coefficient (Wildman–Crippen LogP) is 0.902. The highest BCUT2D eigenvalue weighted by Gasteiger charge is 2.08. The van der Waals surface area contributed by atoms with Crippen molar-refractivity contribution in [2.24, 2.45) is 19.2 Å². The van der Waals surface area contributed by atoms with Crippen LogP contribution in [0, 0.1) is 0 Å². The molecule has 0 fully saturated rings. The molecule has 2 N–H and O–H groups in total. The van der Waals surface area contributed by atoms with Crippen LogP contribution in [0.25, 0.3) is 0 Å². The van der Waals surface area contributed by atoms with E-state index in [1.54, 1.807) is 0 Å². The highest BCUT2D eigenvalue weighted by Crippen LogP contribution is 2.14. The van der Waals surface area contributed by atoms with Crippen molar-refractivity contribution in [3.63, 3.8) is 0 Å². The van der Waals surface area contributed by atoms with E-state index in [0.29, 0.717) is 0 Å². The first-order chi connectivity index (χ1) is 8.58. The number of aryl methyl sites for hydroxylation is 2. The molecule has 5 heteroatoms. The van der Waals surface area contributed by atoms with Gasteiger partial charge >= 0.3 is 5.82 Å². The number of nitrogens with two attached hydrogens (primary N) is 1. The molecule has 0 amide bonds. The van der Waals surface area contributed by atoms with Crippen molar-refractivity contribution in [1.82, 2.24) is 4.57 Å². The van der Waals surface area contributed by atoms with Crippen molar-refractivity contribution >= 4 is 17.6 Å². The quantitative estimate of drug-likeness (QED) is 0.377. The van der Waals surface area contributed by atoms with Gasteiger partial charge in [-0.25, -0.2) is 9.13 Å². The van der Waals surface area contributed by atoms with Crippen LogP contribution in [0.3, 0.4) is 0 Å². The van der Waals surface area contributed by atoms with E-state index < -0.39 is 0 Å². The lowest BCUT2D eigenvalue weighted by Gasteiger charge is -2.12. The van der Waals surface area contributed by atoms with E-state index in [1.807, 2.05) is 78.2 Å². The van der Waals surface area contributed by atoms with Crippen LogP contribution in [0.4, 0.5) is 11.4 Å². The lowest BCUT2D eigenvalue weighted by molar-refractivity contribution is -0.671. The Kier molecular flexibility index (Phi) is 3.32. The second kappa shape index (κ2) is 4.91. The molecule has 0 unspecified atom stereocenters. The highest BCUT2D eigenvalue weighted by molar-refractivity contribution is 5.74. The van der Waals surface area contributed by atoms with Gasteiger partial charge in [0.05, 0.1) is 19.8 Å². The van der Waals surface area contributed by atoms with Gasteiger partial charge in [0.25, 0.3) is 0 Å². The first-order valence-corrected chi connectivity index (χ1v) is 5.72. The summed E-state index contributed by atoms with van der Waals surface area (Å²) in [5, 5.41) is 6.23. The van der Waals surface area contributed by atoms with Crippen LogP contribution < -0.4 is 15.3 Å². The molecular weight excluding hydrogens is 226 g/mol. The van der Waals surface area contributed by atoms with Gasteiger partial charge in [-0.3, -0.25) is 5.01 Å². The first kappa shape index (κ1) is 12.2. The summed E-state index contributed by atoms with van der Waals surface area (Å²) in [5.74, 6) is 1.03. The SMILES string of the molecule is CN(/N=C/c1n(C)cc[n+]1C)c1ccc(N)cc1. The third-order valence-electron chi connectivity index (χ3n) is 2.85. The average Bonchev–Trinajstić information content (AvgIpc) is 2.67. The number of anilines is 2. The Morgan fingerprint density at radius 2 is 2.00 bits per heavy atom. The Bertz CT molecular complexity index is 534. The van der Waals surface area contributed by atoms with Crippen molar-refractivity contribution in [3.8, 4) is 0 Å². The fourth-order valence-corrected chi connectivity index (χ4v) is 1.68. The van der Waals surface area contributed by atoms with Crippen LogP contribution in [-0.2, 0) is 14.1 Å². The minimum Gasteiger partial charge on any atom is -0.399 e. The fraction of sp³-hybridized carbons (Fsp3) is 0.231. The molecular formula is C13H18N5+. The van der Waals surface area contributed by atoms with E-state index in [2.05, 4.69) is 5.10 Å². The van der Waals surface area contributed by atoms with E-state index in [1.165, 1.54) is 0 Å². The molecule has 0 aliphatic heterocycles. The monoisotopic (exact) mass is 244 g/mol. The number of benzene rings is 1. The summed E-state index contributed by atoms with van der Waals surface area (Å²) >= 11 is 0. The molecule has 1 heterocycles. The van der Waals surface area contributed by atoms with E-state index in [-0.39, 0.29) is 0 Å². The maximum Gasteiger partial charge on any atom is 0.301 e. The minimum absolute atomic E-state index is 0.755. The van der Waals surface area contributed by atoms with Gasteiger partial charge in [0.2, 0.25) is 0 Å². The summed E-state index contributed by atoms with van der Waals surface area (Å²) in [5.41, 5.74) is 7.41. The number of nitrogens with zero attached hydrogens (tertiary/aromatic N) is 4. The molecule has 0 spiro atoms. The zero-order valence-electron chi connectivity index (χ0n) is 10.9. The Labute approximate surface area is 107 Å². The summed E-state index contributed by atoms with van der Waals surface area (Å²) in [7, 11) is 5.89. The Morgan fingerprint density at radius 3 is 2.56 bits per heavy atom. The van der Waals surface area contributed by atoms with Gasteiger partial charge in [0, 0.05) is 12.7 Å². The zero-order valence-corrected chi connectivity index (χ0v) is 10.9. The number of rotatable bonds is 3. The number of hydrogen-bond donors (Lipinski definition) is 1. The maximum atomic E-state index is 5.65. The normalized spacial score (nSPS) is 11.1. The molecule has 94 valence electrons. The zero-order chi connectivity index (χ0) is 13.1. The predicted molar refractivity (Wildman–Crippen MR) is 73.4 cm³/mol. The summed E-state index contributed by atoms with van der Waals surface area (Å²) in [6.45, 7) is 0. The van der Waals surface area contributed by atoms with E-state index in [4.69, 9.17) is 5.73 Å². The molecule has 0 saturated carbocycles. The number of hydrazone groups is 1. The third-order valence-corrected chi connectivity index (χ3v) is 2.85. The molecule has 0 atom stereocenters. The van der Waals surface area contributed by atoms with Crippen molar-refractivity contribution in [2.75, 3.05) is 17.8 Å². The van der Waals surface area contributed by atoms with Gasteiger partial charge < -0.3 is 5.73 Å². The molecule has 0 radical (unpaired) electrons. The van der Waals surface area contributed by atoms with Crippen LogP contribution in [0.2, 0.25) is 0 Å². The molecule has 2 rings (SSSR count). The highest BCUT2D eigenvalue weighted by atomic mass is 15.4. The molecule has 18 heavy (non-hydrogen) atoms. The van der Waals surface area contributed by atoms with E-state index >= 15 is 0 Å². The standard InChI is InChI=1S/C13H18N5/c1-16-8-9-17(2)13(16)10-15-18(3)12-6-4-11(14)5-7-12/h4-10H,14H2,1-3H3/q+1. The van der Waals surface area contributed by atoms with Gasteiger partial charge in [0.15, 0.2) is 0 Å². The number of imidazole rings is 1. The molecule has 1 aromatic heterocycles. The third kappa shape index (κ3) is 2.51. The van der Waals surface area contributed by atoms with Crippen LogP contribution in [-0.4, -0.2) is 17.8 Å². The fourth-order valence-electron chi connectivity index (χ4n) is 1.68. The van der Waals surface area contributed by atoms with Gasteiger partial charge in [-0.15, -0.1) is 0 Å². The molecule has 2 aromatic rings. The second-order valence-corrected chi connectivity index (χ2v) is 4.24. The summed E-state index contributed by atoms with van der Waals surface area (Å²) in [6.07, 6.45) is 5.81. The summed E-state index contributed by atoms with van der Waals surface area (Å²) in [6, 6.07) is 7.61. The topological polar surface area (TPSA) is 50.4 Å². The number of nitrogen functional groups attached to an aromatic ring is 1. The molecule has 0 bridgehead atoms. The Balaban J connectivity index is 2.16. The molecule has 1 aromatic carbocycles. The van der Waals surface area contributed by atoms with Crippen LogP contribution >= 0.6 is 0 Å². The number of hydrogen-bond acceptors (Lipinski definition) is 3. The van der Waals surface area contributed by atoms with Crippen molar-refractivity contribution in [3.05, 3.63) is 42.5 Å². The molecule has 0 aliphatic rings. The van der Waals surface area contributed by atoms with Crippen LogP contribution in [0.15, 0.2) is 41.8 Å². The lowest BCUT2D eigenvalue weighted by Crippen LogP contribution is -2.32. The van der Waals surface area contributed by atoms with Crippen molar-refractivity contribution in [2.45, 2.75) is 0 Å². The smallest absolute Gasteiger partial charge is 0.301 e. The Morgan fingerprint density at radius 1 is 1.33 bits per heavy atom. The maximum absolute atomic E-state index is 5.65. The van der Waals surface area contributed by atoms with Gasteiger partial charge in [-0.05, 0) is 24.3 Å². The molecule has 0 saturated heterocycles. The lowest BCUT2D eigenvalue weighted by atomic mass is 10.3.